The molecule has 1 atom stereocenters. The Balaban J connectivity index is 1.61. The number of nitrogens with zero attached hydrogens (tertiary/aromatic N) is 5. The molecule has 1 aliphatic heterocycles. The van der Waals surface area contributed by atoms with Gasteiger partial charge in [-0.1, -0.05) is 10.4 Å². The number of hydrogen-bond donors (Lipinski definition) is 0. The summed E-state index contributed by atoms with van der Waals surface area (Å²) in [6.07, 6.45) is -2.92. The van der Waals surface area contributed by atoms with E-state index in [-0.39, 0.29) is 17.5 Å². The fourth-order valence-electron chi connectivity index (χ4n) is 3.67. The van der Waals surface area contributed by atoms with Crippen LogP contribution < -0.4 is 0 Å². The summed E-state index contributed by atoms with van der Waals surface area (Å²) in [5, 5.41) is 11.8. The van der Waals surface area contributed by atoms with E-state index in [9.17, 15) is 18.0 Å². The number of alkyl halides is 3. The fraction of sp³-hybridized carbons (Fsp3) is 0.444. The molecule has 3 aromatic rings. The summed E-state index contributed by atoms with van der Waals surface area (Å²) >= 11 is 0. The van der Waals surface area contributed by atoms with Crippen molar-refractivity contribution in [2.75, 3.05) is 13.1 Å². The molecule has 28 heavy (non-hydrogen) atoms. The Labute approximate surface area is 158 Å². The molecule has 1 aromatic carbocycles. The largest absolute Gasteiger partial charge is 0.416 e. The van der Waals surface area contributed by atoms with Crippen molar-refractivity contribution in [1.82, 2.24) is 25.1 Å². The molecule has 1 aliphatic rings. The first-order valence-corrected chi connectivity index (χ1v) is 8.90. The second-order valence-corrected chi connectivity index (χ2v) is 6.98. The first kappa shape index (κ1) is 18.5. The Morgan fingerprint density at radius 1 is 1.29 bits per heavy atom. The highest BCUT2D eigenvalue weighted by molar-refractivity contribution is 5.96. The standard InChI is InChI=1S/C18H18F3N5O2/c1-10-16(11(2)28-23-10)17(27)25-7-3-4-13(9-25)26-15-6-5-12(18(19,20)21)8-14(15)22-24-26/h5-6,8,13H,3-4,7,9H2,1-2H3/t13-/m1/s1. The number of rotatable bonds is 2. The van der Waals surface area contributed by atoms with E-state index >= 15 is 0 Å². The van der Waals surface area contributed by atoms with Crippen molar-refractivity contribution in [2.45, 2.75) is 38.9 Å². The van der Waals surface area contributed by atoms with Gasteiger partial charge in [0.05, 0.1) is 22.8 Å². The topological polar surface area (TPSA) is 77.0 Å². The highest BCUT2D eigenvalue weighted by atomic mass is 19.4. The van der Waals surface area contributed by atoms with Gasteiger partial charge < -0.3 is 9.42 Å². The summed E-state index contributed by atoms with van der Waals surface area (Å²) in [7, 11) is 0. The maximum atomic E-state index is 12.9. The molecule has 0 radical (unpaired) electrons. The van der Waals surface area contributed by atoms with Gasteiger partial charge in [-0.3, -0.25) is 4.79 Å². The average molecular weight is 393 g/mol. The van der Waals surface area contributed by atoms with Crippen LogP contribution in [0.2, 0.25) is 0 Å². The van der Waals surface area contributed by atoms with Gasteiger partial charge in [0, 0.05) is 13.1 Å². The van der Waals surface area contributed by atoms with Gasteiger partial charge in [-0.2, -0.15) is 13.2 Å². The Bertz CT molecular complexity index is 1020. The lowest BCUT2D eigenvalue weighted by molar-refractivity contribution is -0.137. The molecule has 7 nitrogen and oxygen atoms in total. The first-order valence-electron chi connectivity index (χ1n) is 8.90. The SMILES string of the molecule is Cc1noc(C)c1C(=O)N1CCC[C@@H](n2nnc3cc(C(F)(F)F)ccc32)C1. The second-order valence-electron chi connectivity index (χ2n) is 6.98. The van der Waals surface area contributed by atoms with Crippen LogP contribution in [0.3, 0.4) is 0 Å². The zero-order chi connectivity index (χ0) is 20.1. The summed E-state index contributed by atoms with van der Waals surface area (Å²) in [5.74, 6) is 0.306. The third-order valence-corrected chi connectivity index (χ3v) is 5.08. The summed E-state index contributed by atoms with van der Waals surface area (Å²) in [4.78, 5) is 14.6. The molecule has 0 bridgehead atoms. The van der Waals surface area contributed by atoms with E-state index in [2.05, 4.69) is 15.5 Å². The number of carbonyl (C=O) groups excluding carboxylic acids is 1. The van der Waals surface area contributed by atoms with E-state index in [1.807, 2.05) is 0 Å². The van der Waals surface area contributed by atoms with Crippen molar-refractivity contribution in [3.63, 3.8) is 0 Å². The summed E-state index contributed by atoms with van der Waals surface area (Å²) < 4.78 is 45.4. The zero-order valence-corrected chi connectivity index (χ0v) is 15.3. The van der Waals surface area contributed by atoms with Crippen molar-refractivity contribution in [3.05, 3.63) is 40.8 Å². The number of piperidine rings is 1. The molecule has 1 saturated heterocycles. The van der Waals surface area contributed by atoms with E-state index in [1.54, 1.807) is 23.4 Å². The van der Waals surface area contributed by atoms with Crippen LogP contribution in [0.15, 0.2) is 22.7 Å². The maximum absolute atomic E-state index is 12.9. The van der Waals surface area contributed by atoms with Gasteiger partial charge in [0.1, 0.15) is 16.8 Å². The molecule has 0 N–H and O–H groups in total. The Morgan fingerprint density at radius 3 is 2.75 bits per heavy atom. The number of aryl methyl sites for hydroxylation is 2. The highest BCUT2D eigenvalue weighted by Crippen LogP contribution is 2.32. The van der Waals surface area contributed by atoms with Gasteiger partial charge in [-0.15, -0.1) is 5.10 Å². The highest BCUT2D eigenvalue weighted by Gasteiger charge is 2.33. The van der Waals surface area contributed by atoms with E-state index < -0.39 is 11.7 Å². The van der Waals surface area contributed by atoms with Crippen molar-refractivity contribution in [1.29, 1.82) is 0 Å². The summed E-state index contributed by atoms with van der Waals surface area (Å²) in [5.41, 5.74) is 0.939. The van der Waals surface area contributed by atoms with E-state index in [1.165, 1.54) is 6.07 Å². The van der Waals surface area contributed by atoms with Crippen LogP contribution in [-0.2, 0) is 6.18 Å². The van der Waals surface area contributed by atoms with Crippen LogP contribution in [0, 0.1) is 13.8 Å². The minimum Gasteiger partial charge on any atom is -0.361 e. The lowest BCUT2D eigenvalue weighted by Gasteiger charge is -2.32. The van der Waals surface area contributed by atoms with E-state index in [0.717, 1.165) is 25.0 Å². The summed E-state index contributed by atoms with van der Waals surface area (Å²) in [6.45, 7) is 4.39. The van der Waals surface area contributed by atoms with Crippen LogP contribution in [0.5, 0.6) is 0 Å². The smallest absolute Gasteiger partial charge is 0.361 e. The summed E-state index contributed by atoms with van der Waals surface area (Å²) in [6, 6.07) is 3.24. The lowest BCUT2D eigenvalue weighted by atomic mass is 10.0. The van der Waals surface area contributed by atoms with Gasteiger partial charge in [0.25, 0.3) is 5.91 Å². The molecule has 3 heterocycles. The van der Waals surface area contributed by atoms with Crippen LogP contribution in [-0.4, -0.2) is 44.0 Å². The van der Waals surface area contributed by atoms with Crippen LogP contribution in [0.4, 0.5) is 13.2 Å². The monoisotopic (exact) mass is 393 g/mol. The van der Waals surface area contributed by atoms with E-state index in [0.29, 0.717) is 35.6 Å². The molecule has 0 saturated carbocycles. The van der Waals surface area contributed by atoms with E-state index in [4.69, 9.17) is 4.52 Å². The molecule has 0 unspecified atom stereocenters. The second kappa shape index (κ2) is 6.61. The van der Waals surface area contributed by atoms with Crippen molar-refractivity contribution >= 4 is 16.9 Å². The molecule has 10 heteroatoms. The van der Waals surface area contributed by atoms with Crippen molar-refractivity contribution in [2.24, 2.45) is 0 Å². The van der Waals surface area contributed by atoms with Crippen LogP contribution in [0.25, 0.3) is 11.0 Å². The van der Waals surface area contributed by atoms with Gasteiger partial charge >= 0.3 is 6.18 Å². The van der Waals surface area contributed by atoms with Gasteiger partial charge in [-0.05, 0) is 44.9 Å². The molecular weight excluding hydrogens is 375 g/mol. The Hall–Kier alpha value is -2.91. The zero-order valence-electron chi connectivity index (χ0n) is 15.3. The number of aromatic nitrogens is 4. The van der Waals surface area contributed by atoms with Gasteiger partial charge in [0.15, 0.2) is 0 Å². The maximum Gasteiger partial charge on any atom is 0.416 e. The predicted molar refractivity (Wildman–Crippen MR) is 92.7 cm³/mol. The Morgan fingerprint density at radius 2 is 2.07 bits per heavy atom. The van der Waals surface area contributed by atoms with Crippen molar-refractivity contribution in [3.8, 4) is 0 Å². The van der Waals surface area contributed by atoms with Crippen LogP contribution in [0.1, 0.15) is 46.3 Å². The van der Waals surface area contributed by atoms with Crippen LogP contribution >= 0.6 is 0 Å². The number of likely N-dealkylation sites (tertiary alicyclic amines) is 1. The number of fused-ring (bicyclic) bond motifs is 1. The molecule has 4 rings (SSSR count). The Kier molecular flexibility index (Phi) is 4.35. The molecule has 1 amide bonds. The fourth-order valence-corrected chi connectivity index (χ4v) is 3.67. The number of carbonyl (C=O) groups is 1. The third-order valence-electron chi connectivity index (χ3n) is 5.08. The molecule has 148 valence electrons. The normalized spacial score (nSPS) is 18.0. The molecular formula is C18H18F3N5O2. The number of benzene rings is 1. The lowest BCUT2D eigenvalue weighted by Crippen LogP contribution is -2.41. The number of halogens is 3. The molecule has 1 fully saturated rings. The third kappa shape index (κ3) is 3.12. The van der Waals surface area contributed by atoms with Gasteiger partial charge in [-0.25, -0.2) is 4.68 Å². The van der Waals surface area contributed by atoms with Crippen molar-refractivity contribution < 1.29 is 22.5 Å². The number of hydrogen-bond acceptors (Lipinski definition) is 5. The predicted octanol–water partition coefficient (Wildman–Crippen LogP) is 3.53. The number of amides is 1. The quantitative estimate of drug-likeness (QED) is 0.666. The first-order chi connectivity index (χ1) is 13.3. The molecule has 0 spiro atoms. The minimum atomic E-state index is -4.43. The molecule has 0 aliphatic carbocycles. The minimum absolute atomic E-state index is 0.162. The van der Waals surface area contributed by atoms with Gasteiger partial charge in [0.2, 0.25) is 0 Å². The molecule has 2 aromatic heterocycles. The average Bonchev–Trinajstić information content (AvgIpc) is 3.23.